The minimum atomic E-state index is -0.463. The van der Waals surface area contributed by atoms with Crippen molar-refractivity contribution >= 4 is 11.9 Å². The van der Waals surface area contributed by atoms with E-state index < -0.39 is 5.97 Å². The van der Waals surface area contributed by atoms with E-state index in [1.807, 2.05) is 30.3 Å². The molecular formula is C16H13O4+. The van der Waals surface area contributed by atoms with Gasteiger partial charge in [-0.1, -0.05) is 30.3 Å². The van der Waals surface area contributed by atoms with Gasteiger partial charge in [0.05, 0.1) is 0 Å². The Kier molecular flexibility index (Phi) is 3.21. The maximum absolute atomic E-state index is 11.3. The molecule has 0 spiro atoms. The van der Waals surface area contributed by atoms with Crippen molar-refractivity contribution in [3.05, 3.63) is 65.2 Å². The van der Waals surface area contributed by atoms with Gasteiger partial charge < -0.3 is 9.53 Å². The molecule has 1 N–H and O–H groups in total. The van der Waals surface area contributed by atoms with Crippen molar-refractivity contribution < 1.29 is 19.1 Å². The van der Waals surface area contributed by atoms with Gasteiger partial charge in [-0.25, -0.2) is 9.53 Å². The Bertz CT molecular complexity index is 661. The molecule has 0 aliphatic carbocycles. The number of esters is 2. The fraction of sp³-hybridized carbons (Fsp3) is 0.125. The van der Waals surface area contributed by atoms with Gasteiger partial charge in [0.1, 0.15) is 24.3 Å². The number of hydrogen-bond donors (Lipinski definition) is 0. The zero-order chi connectivity index (χ0) is 13.9. The number of rotatable bonds is 3. The number of cyclic esters (lactones) is 2. The van der Waals surface area contributed by atoms with E-state index in [0.29, 0.717) is 23.5 Å². The van der Waals surface area contributed by atoms with Crippen molar-refractivity contribution in [3.8, 4) is 5.75 Å². The monoisotopic (exact) mass is 269 g/mol. The van der Waals surface area contributed by atoms with Crippen molar-refractivity contribution in [1.29, 1.82) is 0 Å². The molecule has 1 heterocycles. The molecule has 2 aromatic carbocycles. The summed E-state index contributed by atoms with van der Waals surface area (Å²) in [5.74, 6) is -0.142. The average Bonchev–Trinajstić information content (AvgIpc) is 2.45. The van der Waals surface area contributed by atoms with Crippen LogP contribution in [0.1, 0.15) is 16.7 Å². The molecule has 3 rings (SSSR count). The van der Waals surface area contributed by atoms with Gasteiger partial charge in [0.25, 0.3) is 0 Å². The van der Waals surface area contributed by atoms with Crippen LogP contribution in [-0.4, -0.2) is 16.7 Å². The maximum atomic E-state index is 11.3. The predicted molar refractivity (Wildman–Crippen MR) is 73.1 cm³/mol. The summed E-state index contributed by atoms with van der Waals surface area (Å²) < 4.78 is 10.4. The lowest BCUT2D eigenvalue weighted by Gasteiger charge is -2.11. The summed E-state index contributed by atoms with van der Waals surface area (Å²) in [5, 5.41) is 0. The molecule has 0 fully saturated rings. The molecule has 2 aromatic rings. The molecule has 1 aliphatic heterocycles. The third-order valence-electron chi connectivity index (χ3n) is 3.10. The Morgan fingerprint density at radius 3 is 2.75 bits per heavy atom. The van der Waals surface area contributed by atoms with Crippen LogP contribution in [0.2, 0.25) is 0 Å². The average molecular weight is 269 g/mol. The third kappa shape index (κ3) is 2.54. The Labute approximate surface area is 115 Å². The lowest BCUT2D eigenvalue weighted by molar-refractivity contribution is -0.135. The first-order chi connectivity index (χ1) is 9.72. The van der Waals surface area contributed by atoms with Gasteiger partial charge >= 0.3 is 11.9 Å². The second-order valence-corrected chi connectivity index (χ2v) is 4.55. The van der Waals surface area contributed by atoms with Crippen LogP contribution in [0, 0.1) is 0 Å². The first kappa shape index (κ1) is 12.4. The van der Waals surface area contributed by atoms with E-state index in [0.717, 1.165) is 5.56 Å². The van der Waals surface area contributed by atoms with Gasteiger partial charge in [-0.15, -0.1) is 0 Å². The highest BCUT2D eigenvalue weighted by Gasteiger charge is 2.33. The topological polar surface area (TPSA) is 56.9 Å². The molecule has 0 atom stereocenters. The van der Waals surface area contributed by atoms with Crippen LogP contribution in [0.3, 0.4) is 0 Å². The summed E-state index contributed by atoms with van der Waals surface area (Å²) in [6.45, 7) is 0.458. The first-order valence-corrected chi connectivity index (χ1v) is 6.29. The maximum Gasteiger partial charge on any atom is 0.526 e. The van der Waals surface area contributed by atoms with Crippen LogP contribution in [-0.2, 0) is 22.6 Å². The SMILES string of the molecule is O=C1Cc2cc(OCc3ccccc3)ccc2C(=[OH+])O1. The summed E-state index contributed by atoms with van der Waals surface area (Å²) in [4.78, 5) is 20.8. The molecule has 100 valence electrons. The Morgan fingerprint density at radius 2 is 1.95 bits per heavy atom. The Balaban J connectivity index is 1.77. The van der Waals surface area contributed by atoms with Gasteiger partial charge in [-0.3, -0.25) is 0 Å². The Hall–Kier alpha value is -2.62. The summed E-state index contributed by atoms with van der Waals surface area (Å²) in [6.07, 6.45) is 0.141. The number of hydrogen-bond acceptors (Lipinski definition) is 3. The molecule has 0 saturated heterocycles. The minimum absolute atomic E-state index is 0.141. The molecule has 4 nitrogen and oxygen atoms in total. The third-order valence-corrected chi connectivity index (χ3v) is 3.10. The zero-order valence-corrected chi connectivity index (χ0v) is 10.7. The molecule has 0 unspecified atom stereocenters. The van der Waals surface area contributed by atoms with Crippen LogP contribution in [0.15, 0.2) is 48.5 Å². The highest BCUT2D eigenvalue weighted by molar-refractivity contribution is 6.02. The van der Waals surface area contributed by atoms with Gasteiger partial charge in [-0.05, 0) is 29.3 Å². The van der Waals surface area contributed by atoms with Crippen LogP contribution < -0.4 is 4.74 Å². The molecule has 0 radical (unpaired) electrons. The highest BCUT2D eigenvalue weighted by atomic mass is 16.6. The van der Waals surface area contributed by atoms with E-state index >= 15 is 0 Å². The standard InChI is InChI=1S/C16H12O4/c17-15-9-12-8-13(6-7-14(12)16(18)20-15)19-10-11-4-2-1-3-5-11/h1-8H,9-10H2/p+1. The van der Waals surface area contributed by atoms with E-state index in [1.54, 1.807) is 18.2 Å². The van der Waals surface area contributed by atoms with Crippen molar-refractivity contribution in [2.75, 3.05) is 0 Å². The lowest BCUT2D eigenvalue weighted by Crippen LogP contribution is -2.23. The Morgan fingerprint density at radius 1 is 1.15 bits per heavy atom. The second-order valence-electron chi connectivity index (χ2n) is 4.55. The number of carbonyl (C=O) groups is 1. The molecular weight excluding hydrogens is 256 g/mol. The highest BCUT2D eigenvalue weighted by Crippen LogP contribution is 2.23. The summed E-state index contributed by atoms with van der Waals surface area (Å²) in [5.41, 5.74) is 2.32. The van der Waals surface area contributed by atoms with Crippen molar-refractivity contribution in [2.45, 2.75) is 13.0 Å². The van der Waals surface area contributed by atoms with E-state index in [9.17, 15) is 9.59 Å². The summed E-state index contributed by atoms with van der Waals surface area (Å²) in [7, 11) is 0. The molecule has 0 amide bonds. The van der Waals surface area contributed by atoms with E-state index in [2.05, 4.69) is 4.74 Å². The van der Waals surface area contributed by atoms with E-state index in [1.165, 1.54) is 0 Å². The molecule has 20 heavy (non-hydrogen) atoms. The fourth-order valence-electron chi connectivity index (χ4n) is 2.11. The van der Waals surface area contributed by atoms with Crippen LogP contribution in [0.4, 0.5) is 0 Å². The fourth-order valence-corrected chi connectivity index (χ4v) is 2.11. The van der Waals surface area contributed by atoms with Crippen LogP contribution in [0.25, 0.3) is 0 Å². The van der Waals surface area contributed by atoms with Crippen LogP contribution >= 0.6 is 0 Å². The number of benzene rings is 2. The lowest BCUT2D eigenvalue weighted by atomic mass is 10.0. The van der Waals surface area contributed by atoms with E-state index in [-0.39, 0.29) is 12.4 Å². The predicted octanol–water partition coefficient (Wildman–Crippen LogP) is 2.22. The van der Waals surface area contributed by atoms with Gasteiger partial charge in [0, 0.05) is 0 Å². The number of fused-ring (bicyclic) bond motifs is 1. The molecule has 4 heteroatoms. The van der Waals surface area contributed by atoms with Crippen LogP contribution in [0.5, 0.6) is 5.75 Å². The number of carbonyl (C=O) groups excluding carboxylic acids is 2. The smallest absolute Gasteiger partial charge is 0.489 e. The first-order valence-electron chi connectivity index (χ1n) is 6.29. The van der Waals surface area contributed by atoms with Gasteiger partial charge in [0.2, 0.25) is 0 Å². The van der Waals surface area contributed by atoms with Gasteiger partial charge in [0.15, 0.2) is 0 Å². The largest absolute Gasteiger partial charge is 0.526 e. The molecule has 0 aromatic heterocycles. The van der Waals surface area contributed by atoms with Crippen molar-refractivity contribution in [3.63, 3.8) is 0 Å². The second kappa shape index (κ2) is 5.17. The summed E-state index contributed by atoms with van der Waals surface area (Å²) >= 11 is 0. The normalized spacial score (nSPS) is 13.6. The van der Waals surface area contributed by atoms with Crippen molar-refractivity contribution in [2.24, 2.45) is 0 Å². The molecule has 0 bridgehead atoms. The molecule has 1 aliphatic rings. The van der Waals surface area contributed by atoms with E-state index in [4.69, 9.17) is 4.74 Å². The molecule has 0 saturated carbocycles. The zero-order valence-electron chi connectivity index (χ0n) is 10.7. The number of ether oxygens (including phenoxy) is 2. The van der Waals surface area contributed by atoms with Gasteiger partial charge in [-0.2, -0.15) is 0 Å². The summed E-state index contributed by atoms with van der Waals surface area (Å²) in [6, 6.07) is 15.0. The quantitative estimate of drug-likeness (QED) is 0.487. The van der Waals surface area contributed by atoms with Crippen molar-refractivity contribution in [1.82, 2.24) is 0 Å². The minimum Gasteiger partial charge on any atom is -0.489 e.